The smallest absolute Gasteiger partial charge is 0.410 e. The molecule has 4 heterocycles. The van der Waals surface area contributed by atoms with Gasteiger partial charge in [-0.25, -0.2) is 4.79 Å². The molecule has 1 amide bonds. The highest BCUT2D eigenvalue weighted by atomic mass is 35.5. The van der Waals surface area contributed by atoms with Gasteiger partial charge in [-0.05, 0) is 58.9 Å². The van der Waals surface area contributed by atoms with Crippen molar-refractivity contribution in [1.82, 2.24) is 15.1 Å². The number of piperidine rings is 1. The van der Waals surface area contributed by atoms with Gasteiger partial charge in [0.2, 0.25) is 0 Å². The normalized spacial score (nSPS) is 30.3. The Morgan fingerprint density at radius 1 is 1.15 bits per heavy atom. The van der Waals surface area contributed by atoms with Crippen LogP contribution in [-0.2, 0) is 4.74 Å². The largest absolute Gasteiger partial charge is 0.444 e. The van der Waals surface area contributed by atoms with Crippen molar-refractivity contribution in [3.05, 3.63) is 16.8 Å². The van der Waals surface area contributed by atoms with E-state index in [4.69, 9.17) is 27.9 Å². The van der Waals surface area contributed by atoms with Crippen LogP contribution in [0.3, 0.4) is 0 Å². The summed E-state index contributed by atoms with van der Waals surface area (Å²) < 4.78 is 5.64. The summed E-state index contributed by atoms with van der Waals surface area (Å²) in [6.45, 7) is 6.60. The molecule has 2 saturated heterocycles. The maximum absolute atomic E-state index is 12.7. The fourth-order valence-corrected chi connectivity index (χ4v) is 5.13. The van der Waals surface area contributed by atoms with Gasteiger partial charge in [0, 0.05) is 30.2 Å². The number of amides is 1. The van der Waals surface area contributed by atoms with E-state index in [0.717, 1.165) is 50.0 Å². The molecule has 3 aliphatic heterocycles. The van der Waals surface area contributed by atoms with E-state index in [0.29, 0.717) is 11.2 Å². The first-order valence-corrected chi connectivity index (χ1v) is 10.5. The molecule has 1 aromatic heterocycles. The van der Waals surface area contributed by atoms with Crippen LogP contribution >= 0.6 is 23.2 Å². The number of hydrogen-bond acceptors (Lipinski definition) is 5. The summed E-state index contributed by atoms with van der Waals surface area (Å²) in [5.74, 6) is 0.848. The third-order valence-electron chi connectivity index (χ3n) is 5.76. The first kappa shape index (κ1) is 19.1. The molecule has 0 aromatic carbocycles. The number of anilines is 1. The minimum absolute atomic E-state index is 0.0807. The quantitative estimate of drug-likeness (QED) is 0.633. The van der Waals surface area contributed by atoms with Gasteiger partial charge in [-0.3, -0.25) is 0 Å². The van der Waals surface area contributed by atoms with Crippen molar-refractivity contribution in [3.63, 3.8) is 0 Å². The Balaban J connectivity index is 1.53. The summed E-state index contributed by atoms with van der Waals surface area (Å²) in [7, 11) is 0. The van der Waals surface area contributed by atoms with Crippen LogP contribution in [0, 0.1) is 0 Å². The van der Waals surface area contributed by atoms with Gasteiger partial charge in [0.05, 0.1) is 5.38 Å². The molecule has 4 atom stereocenters. The van der Waals surface area contributed by atoms with E-state index >= 15 is 0 Å². The van der Waals surface area contributed by atoms with Crippen LogP contribution in [-0.4, -0.2) is 51.5 Å². The molecular weight excluding hydrogens is 387 g/mol. The van der Waals surface area contributed by atoms with Crippen LogP contribution in [0.1, 0.15) is 63.8 Å². The van der Waals surface area contributed by atoms with Crippen molar-refractivity contribution in [1.29, 1.82) is 0 Å². The van der Waals surface area contributed by atoms with E-state index in [1.54, 1.807) is 0 Å². The molecule has 2 fully saturated rings. The first-order valence-electron chi connectivity index (χ1n) is 9.68. The summed E-state index contributed by atoms with van der Waals surface area (Å²) in [5.41, 5.74) is 0.494. The van der Waals surface area contributed by atoms with Crippen molar-refractivity contribution in [2.45, 2.75) is 82.0 Å². The maximum Gasteiger partial charge on any atom is 0.410 e. The third kappa shape index (κ3) is 3.70. The number of carbonyl (C=O) groups is 1. The van der Waals surface area contributed by atoms with E-state index in [1.807, 2.05) is 31.7 Å². The number of nitrogens with zero attached hydrogens (tertiary/aromatic N) is 4. The SMILES string of the molecule is CC(C)(C)OC(=O)N1[C@@H]2CC[C@H]1C[C@H](N1CCC(Cl)c3cc(Cl)nnc31)C2. The molecule has 0 N–H and O–H groups in total. The van der Waals surface area contributed by atoms with Gasteiger partial charge in [-0.2, -0.15) is 0 Å². The molecule has 1 aromatic rings. The lowest BCUT2D eigenvalue weighted by Crippen LogP contribution is -2.54. The predicted molar refractivity (Wildman–Crippen MR) is 106 cm³/mol. The van der Waals surface area contributed by atoms with Crippen LogP contribution in [0.25, 0.3) is 0 Å². The monoisotopic (exact) mass is 412 g/mol. The van der Waals surface area contributed by atoms with Gasteiger partial charge >= 0.3 is 6.09 Å². The average molecular weight is 413 g/mol. The summed E-state index contributed by atoms with van der Waals surface area (Å²) in [4.78, 5) is 17.0. The zero-order valence-electron chi connectivity index (χ0n) is 16.0. The molecule has 2 bridgehead atoms. The van der Waals surface area contributed by atoms with E-state index in [-0.39, 0.29) is 23.6 Å². The summed E-state index contributed by atoms with van der Waals surface area (Å²) in [5, 5.41) is 8.69. The Hall–Kier alpha value is -1.27. The lowest BCUT2D eigenvalue weighted by Gasteiger charge is -2.45. The highest BCUT2D eigenvalue weighted by Crippen LogP contribution is 2.43. The van der Waals surface area contributed by atoms with Crippen molar-refractivity contribution in [2.24, 2.45) is 0 Å². The minimum atomic E-state index is -0.469. The van der Waals surface area contributed by atoms with E-state index in [2.05, 4.69) is 15.1 Å². The molecule has 0 radical (unpaired) electrons. The van der Waals surface area contributed by atoms with E-state index in [9.17, 15) is 4.79 Å². The van der Waals surface area contributed by atoms with Gasteiger partial charge in [-0.1, -0.05) is 11.6 Å². The zero-order chi connectivity index (χ0) is 19.3. The van der Waals surface area contributed by atoms with Crippen LogP contribution in [0.2, 0.25) is 5.15 Å². The molecule has 6 nitrogen and oxygen atoms in total. The summed E-state index contributed by atoms with van der Waals surface area (Å²) in [6.07, 6.45) is 4.59. The molecule has 27 heavy (non-hydrogen) atoms. The topological polar surface area (TPSA) is 58.6 Å². The number of aromatic nitrogens is 2. The lowest BCUT2D eigenvalue weighted by atomic mass is 9.93. The molecular formula is C19H26Cl2N4O2. The van der Waals surface area contributed by atoms with Gasteiger partial charge < -0.3 is 14.5 Å². The summed E-state index contributed by atoms with van der Waals surface area (Å²) >= 11 is 12.5. The van der Waals surface area contributed by atoms with E-state index < -0.39 is 5.60 Å². The van der Waals surface area contributed by atoms with Crippen molar-refractivity contribution in [3.8, 4) is 0 Å². The molecule has 3 aliphatic rings. The average Bonchev–Trinajstić information content (AvgIpc) is 2.85. The Kier molecular flexibility index (Phi) is 4.91. The van der Waals surface area contributed by atoms with Gasteiger partial charge in [-0.15, -0.1) is 21.8 Å². The lowest BCUT2D eigenvalue weighted by molar-refractivity contribution is 0.00576. The third-order valence-corrected chi connectivity index (χ3v) is 6.40. The number of fused-ring (bicyclic) bond motifs is 3. The maximum atomic E-state index is 12.7. The Morgan fingerprint density at radius 2 is 1.81 bits per heavy atom. The molecule has 8 heteroatoms. The molecule has 4 rings (SSSR count). The van der Waals surface area contributed by atoms with E-state index in [1.165, 1.54) is 0 Å². The second-order valence-corrected chi connectivity index (χ2v) is 9.71. The number of rotatable bonds is 1. The highest BCUT2D eigenvalue weighted by molar-refractivity contribution is 6.29. The Labute approximate surface area is 170 Å². The number of carbonyl (C=O) groups excluding carboxylic acids is 1. The number of halogens is 2. The van der Waals surface area contributed by atoms with Crippen LogP contribution in [0.15, 0.2) is 6.07 Å². The van der Waals surface area contributed by atoms with Crippen molar-refractivity contribution in [2.75, 3.05) is 11.4 Å². The Morgan fingerprint density at radius 3 is 2.44 bits per heavy atom. The first-order chi connectivity index (χ1) is 12.7. The molecule has 0 saturated carbocycles. The minimum Gasteiger partial charge on any atom is -0.444 e. The second kappa shape index (κ2) is 6.96. The predicted octanol–water partition coefficient (Wildman–Crippen LogP) is 4.55. The molecule has 1 unspecified atom stereocenters. The highest BCUT2D eigenvalue weighted by Gasteiger charge is 2.47. The van der Waals surface area contributed by atoms with Gasteiger partial charge in [0.25, 0.3) is 0 Å². The zero-order valence-corrected chi connectivity index (χ0v) is 17.5. The van der Waals surface area contributed by atoms with Crippen molar-refractivity contribution >= 4 is 35.1 Å². The Bertz CT molecular complexity index is 725. The molecule has 148 valence electrons. The summed E-state index contributed by atoms with van der Waals surface area (Å²) in [6, 6.07) is 2.61. The molecule has 0 spiro atoms. The standard InChI is InChI=1S/C19H26Cl2N4O2/c1-19(2,3)27-18(26)25-11-4-5-12(25)9-13(8-11)24-7-6-15(20)14-10-16(21)22-23-17(14)24/h10-13,15H,4-9H2,1-3H3/t11-,12+,13-,15?. The fraction of sp³-hybridized carbons (Fsp3) is 0.737. The van der Waals surface area contributed by atoms with Crippen LogP contribution in [0.4, 0.5) is 10.6 Å². The fourth-order valence-electron chi connectivity index (χ4n) is 4.71. The number of alkyl halides is 1. The van der Waals surface area contributed by atoms with Crippen LogP contribution in [0.5, 0.6) is 0 Å². The van der Waals surface area contributed by atoms with Crippen LogP contribution < -0.4 is 4.90 Å². The van der Waals surface area contributed by atoms with Gasteiger partial charge in [0.15, 0.2) is 11.0 Å². The number of ether oxygens (including phenoxy) is 1. The van der Waals surface area contributed by atoms with Gasteiger partial charge in [0.1, 0.15) is 5.60 Å². The molecule has 0 aliphatic carbocycles. The second-order valence-electron chi connectivity index (χ2n) is 8.79. The number of hydrogen-bond donors (Lipinski definition) is 0. The van der Waals surface area contributed by atoms with Crippen molar-refractivity contribution < 1.29 is 9.53 Å².